The van der Waals surface area contributed by atoms with Gasteiger partial charge in [-0.3, -0.25) is 0 Å². The molecule has 1 aromatic carbocycles. The summed E-state index contributed by atoms with van der Waals surface area (Å²) in [6.07, 6.45) is 2.36. The van der Waals surface area contributed by atoms with E-state index in [9.17, 15) is 0 Å². The van der Waals surface area contributed by atoms with Gasteiger partial charge < -0.3 is 10.6 Å². The predicted molar refractivity (Wildman–Crippen MR) is 65.5 cm³/mol. The van der Waals surface area contributed by atoms with Crippen molar-refractivity contribution in [1.29, 1.82) is 0 Å². The van der Waals surface area contributed by atoms with Crippen LogP contribution < -0.4 is 10.6 Å². The molecule has 0 bridgehead atoms. The van der Waals surface area contributed by atoms with E-state index >= 15 is 0 Å². The second-order valence-electron chi connectivity index (χ2n) is 4.62. The summed E-state index contributed by atoms with van der Waals surface area (Å²) >= 11 is 0. The third-order valence-electron chi connectivity index (χ3n) is 3.52. The molecule has 0 radical (unpaired) electrons. The summed E-state index contributed by atoms with van der Waals surface area (Å²) in [5.41, 5.74) is 11.4. The van der Waals surface area contributed by atoms with Crippen molar-refractivity contribution < 1.29 is 0 Å². The van der Waals surface area contributed by atoms with Gasteiger partial charge in [0.25, 0.3) is 0 Å². The SMILES string of the molecule is Cc1cc(C)c2c(c1)N(C)C(CN)CC2. The van der Waals surface area contributed by atoms with Crippen LogP contribution in [0, 0.1) is 13.8 Å². The van der Waals surface area contributed by atoms with Crippen molar-refractivity contribution in [1.82, 2.24) is 0 Å². The van der Waals surface area contributed by atoms with Crippen LogP contribution in [0.3, 0.4) is 0 Å². The number of hydrogen-bond donors (Lipinski definition) is 1. The maximum absolute atomic E-state index is 5.79. The van der Waals surface area contributed by atoms with E-state index < -0.39 is 0 Å². The third kappa shape index (κ3) is 1.74. The highest BCUT2D eigenvalue weighted by molar-refractivity contribution is 5.60. The van der Waals surface area contributed by atoms with Gasteiger partial charge in [0.15, 0.2) is 0 Å². The van der Waals surface area contributed by atoms with Crippen molar-refractivity contribution in [2.75, 3.05) is 18.5 Å². The van der Waals surface area contributed by atoms with Gasteiger partial charge in [0.2, 0.25) is 0 Å². The molecule has 0 aromatic heterocycles. The Morgan fingerprint density at radius 3 is 2.80 bits per heavy atom. The van der Waals surface area contributed by atoms with Crippen LogP contribution in [0.2, 0.25) is 0 Å². The maximum Gasteiger partial charge on any atom is 0.0412 e. The van der Waals surface area contributed by atoms with E-state index in [1.807, 2.05) is 0 Å². The van der Waals surface area contributed by atoms with E-state index in [1.54, 1.807) is 0 Å². The lowest BCUT2D eigenvalue weighted by atomic mass is 9.91. The number of likely N-dealkylation sites (N-methyl/N-ethyl adjacent to an activating group) is 1. The molecule has 1 atom stereocenters. The molecule has 15 heavy (non-hydrogen) atoms. The molecule has 2 nitrogen and oxygen atoms in total. The van der Waals surface area contributed by atoms with Crippen molar-refractivity contribution in [3.63, 3.8) is 0 Å². The van der Waals surface area contributed by atoms with E-state index in [-0.39, 0.29) is 0 Å². The molecule has 0 saturated heterocycles. The second kappa shape index (κ2) is 3.86. The Hall–Kier alpha value is -1.02. The van der Waals surface area contributed by atoms with Gasteiger partial charge >= 0.3 is 0 Å². The zero-order chi connectivity index (χ0) is 11.0. The molecule has 1 aromatic rings. The second-order valence-corrected chi connectivity index (χ2v) is 4.62. The smallest absolute Gasteiger partial charge is 0.0412 e. The number of nitrogens with zero attached hydrogens (tertiary/aromatic N) is 1. The summed E-state index contributed by atoms with van der Waals surface area (Å²) < 4.78 is 0. The lowest BCUT2D eigenvalue weighted by molar-refractivity contribution is 0.563. The molecule has 2 N–H and O–H groups in total. The fraction of sp³-hybridized carbons (Fsp3) is 0.538. The van der Waals surface area contributed by atoms with Crippen LogP contribution >= 0.6 is 0 Å². The summed E-state index contributed by atoms with van der Waals surface area (Å²) in [6.45, 7) is 5.12. The van der Waals surface area contributed by atoms with Gasteiger partial charge in [-0.25, -0.2) is 0 Å². The molecule has 0 aliphatic carbocycles. The molecule has 0 fully saturated rings. The molecular formula is C13H20N2. The Morgan fingerprint density at radius 1 is 1.40 bits per heavy atom. The molecule has 2 heteroatoms. The number of benzene rings is 1. The Balaban J connectivity index is 2.46. The van der Waals surface area contributed by atoms with E-state index in [0.29, 0.717) is 6.04 Å². The highest BCUT2D eigenvalue weighted by atomic mass is 15.1. The van der Waals surface area contributed by atoms with Gasteiger partial charge in [-0.05, 0) is 49.4 Å². The molecule has 1 aliphatic rings. The summed E-state index contributed by atoms with van der Waals surface area (Å²) in [5.74, 6) is 0. The summed E-state index contributed by atoms with van der Waals surface area (Å²) in [7, 11) is 2.16. The minimum atomic E-state index is 0.513. The van der Waals surface area contributed by atoms with Crippen LogP contribution in [0.15, 0.2) is 12.1 Å². The molecule has 1 aliphatic heterocycles. The Bertz CT molecular complexity index is 371. The van der Waals surface area contributed by atoms with Gasteiger partial charge in [0.05, 0.1) is 0 Å². The van der Waals surface area contributed by atoms with E-state index in [4.69, 9.17) is 5.73 Å². The first kappa shape index (κ1) is 10.5. The molecule has 82 valence electrons. The quantitative estimate of drug-likeness (QED) is 0.758. The zero-order valence-corrected chi connectivity index (χ0v) is 9.88. The number of aryl methyl sites for hydroxylation is 2. The highest BCUT2D eigenvalue weighted by Gasteiger charge is 2.23. The van der Waals surface area contributed by atoms with Crippen molar-refractivity contribution >= 4 is 5.69 Å². The topological polar surface area (TPSA) is 29.3 Å². The minimum absolute atomic E-state index is 0.513. The van der Waals surface area contributed by atoms with Crippen molar-refractivity contribution in [3.05, 3.63) is 28.8 Å². The first-order valence-electron chi connectivity index (χ1n) is 5.66. The standard InChI is InChI=1S/C13H20N2/c1-9-6-10(2)12-5-4-11(8-14)15(3)13(12)7-9/h6-7,11H,4-5,8,14H2,1-3H3. The maximum atomic E-state index is 5.79. The number of hydrogen-bond acceptors (Lipinski definition) is 2. The molecule has 1 unspecified atom stereocenters. The van der Waals surface area contributed by atoms with Crippen LogP contribution in [-0.4, -0.2) is 19.6 Å². The Labute approximate surface area is 92.1 Å². The number of anilines is 1. The van der Waals surface area contributed by atoms with Gasteiger partial charge in [0.1, 0.15) is 0 Å². The fourth-order valence-corrected chi connectivity index (χ4v) is 2.59. The van der Waals surface area contributed by atoms with Crippen LogP contribution in [0.1, 0.15) is 23.1 Å². The summed E-state index contributed by atoms with van der Waals surface area (Å²) in [6, 6.07) is 5.07. The van der Waals surface area contributed by atoms with Gasteiger partial charge in [-0.2, -0.15) is 0 Å². The molecule has 0 spiro atoms. The lowest BCUT2D eigenvalue weighted by Gasteiger charge is -2.36. The summed E-state index contributed by atoms with van der Waals surface area (Å²) in [4.78, 5) is 2.35. The van der Waals surface area contributed by atoms with Crippen LogP contribution in [0.5, 0.6) is 0 Å². The molecule has 2 rings (SSSR count). The first-order chi connectivity index (χ1) is 7.13. The van der Waals surface area contributed by atoms with Crippen LogP contribution in [-0.2, 0) is 6.42 Å². The molecular weight excluding hydrogens is 184 g/mol. The van der Waals surface area contributed by atoms with E-state index in [0.717, 1.165) is 6.54 Å². The normalized spacial score (nSPS) is 20.3. The third-order valence-corrected chi connectivity index (χ3v) is 3.52. The van der Waals surface area contributed by atoms with Crippen LogP contribution in [0.4, 0.5) is 5.69 Å². The van der Waals surface area contributed by atoms with Gasteiger partial charge in [-0.1, -0.05) is 6.07 Å². The highest BCUT2D eigenvalue weighted by Crippen LogP contribution is 2.32. The van der Waals surface area contributed by atoms with Crippen molar-refractivity contribution in [2.24, 2.45) is 5.73 Å². The Kier molecular flexibility index (Phi) is 2.70. The summed E-state index contributed by atoms with van der Waals surface area (Å²) in [5, 5.41) is 0. The van der Waals surface area contributed by atoms with Crippen LogP contribution in [0.25, 0.3) is 0 Å². The number of fused-ring (bicyclic) bond motifs is 1. The van der Waals surface area contributed by atoms with Gasteiger partial charge in [-0.15, -0.1) is 0 Å². The van der Waals surface area contributed by atoms with E-state index in [2.05, 4.69) is 37.9 Å². The van der Waals surface area contributed by atoms with E-state index in [1.165, 1.54) is 35.2 Å². The monoisotopic (exact) mass is 204 g/mol. The first-order valence-corrected chi connectivity index (χ1v) is 5.66. The minimum Gasteiger partial charge on any atom is -0.370 e. The lowest BCUT2D eigenvalue weighted by Crippen LogP contribution is -2.41. The van der Waals surface area contributed by atoms with Gasteiger partial charge in [0, 0.05) is 25.3 Å². The molecule has 0 amide bonds. The Morgan fingerprint density at radius 2 is 2.13 bits per heavy atom. The average Bonchev–Trinajstić information content (AvgIpc) is 2.19. The van der Waals surface area contributed by atoms with Crippen molar-refractivity contribution in [3.8, 4) is 0 Å². The van der Waals surface area contributed by atoms with Crippen molar-refractivity contribution in [2.45, 2.75) is 32.7 Å². The number of rotatable bonds is 1. The fourth-order valence-electron chi connectivity index (χ4n) is 2.59. The average molecular weight is 204 g/mol. The molecule has 1 heterocycles. The zero-order valence-electron chi connectivity index (χ0n) is 9.88. The molecule has 0 saturated carbocycles. The number of nitrogens with two attached hydrogens (primary N) is 1. The predicted octanol–water partition coefficient (Wildman–Crippen LogP) is 2.01. The largest absolute Gasteiger partial charge is 0.370 e.